The molecule has 0 amide bonds. The number of hydrogen-bond acceptors (Lipinski definition) is 3. The Kier molecular flexibility index (Phi) is 5.91. The first kappa shape index (κ1) is 20.0. The van der Waals surface area contributed by atoms with Gasteiger partial charge in [0.15, 0.2) is 0 Å². The van der Waals surface area contributed by atoms with Gasteiger partial charge in [-0.2, -0.15) is 0 Å². The van der Waals surface area contributed by atoms with Gasteiger partial charge in [-0.1, -0.05) is 71.7 Å². The molecule has 29 heavy (non-hydrogen) atoms. The van der Waals surface area contributed by atoms with Gasteiger partial charge in [-0.05, 0) is 53.8 Å². The number of hydrogen-bond donors (Lipinski definition) is 0. The minimum Gasteiger partial charge on any atom is -0.364 e. The third-order valence-electron chi connectivity index (χ3n) is 5.48. The topological polar surface area (TPSA) is 29.5 Å². The van der Waals surface area contributed by atoms with Crippen LogP contribution >= 0.6 is 23.2 Å². The number of carbonyl (C=O) groups is 1. The highest BCUT2D eigenvalue weighted by Gasteiger charge is 2.32. The van der Waals surface area contributed by atoms with Crippen molar-refractivity contribution in [2.45, 2.75) is 24.8 Å². The molecule has 4 rings (SSSR count). The van der Waals surface area contributed by atoms with Crippen LogP contribution in [0.15, 0.2) is 72.8 Å². The number of benzene rings is 3. The van der Waals surface area contributed by atoms with E-state index >= 15 is 0 Å². The molecular weight excluding hydrogens is 405 g/mol. The fraction of sp³-hybridized carbons (Fsp3) is 0.208. The van der Waals surface area contributed by atoms with Crippen molar-refractivity contribution in [3.8, 4) is 0 Å². The zero-order valence-electron chi connectivity index (χ0n) is 16.0. The molecule has 3 aromatic rings. The van der Waals surface area contributed by atoms with Crippen LogP contribution in [0, 0.1) is 0 Å². The maximum Gasteiger partial charge on any atom is 0.357 e. The smallest absolute Gasteiger partial charge is 0.357 e. The van der Waals surface area contributed by atoms with Gasteiger partial charge in [-0.3, -0.25) is 0 Å². The van der Waals surface area contributed by atoms with Crippen molar-refractivity contribution < 1.29 is 9.63 Å². The van der Waals surface area contributed by atoms with E-state index in [0.717, 1.165) is 24.0 Å². The number of halogens is 2. The van der Waals surface area contributed by atoms with E-state index < -0.39 is 0 Å². The third-order valence-corrected chi connectivity index (χ3v) is 6.22. The molecular formula is C24H21Cl2NO2. The minimum absolute atomic E-state index is 0.00196. The lowest BCUT2D eigenvalue weighted by molar-refractivity contribution is -0.124. The molecule has 0 radical (unpaired) electrons. The van der Waals surface area contributed by atoms with Gasteiger partial charge < -0.3 is 4.84 Å². The summed E-state index contributed by atoms with van der Waals surface area (Å²) in [6.07, 6.45) is 1.79. The van der Waals surface area contributed by atoms with E-state index in [0.29, 0.717) is 15.6 Å². The largest absolute Gasteiger partial charge is 0.364 e. The van der Waals surface area contributed by atoms with Crippen LogP contribution in [0.1, 0.15) is 51.8 Å². The van der Waals surface area contributed by atoms with Crippen molar-refractivity contribution in [2.24, 2.45) is 0 Å². The number of hydroxylamine groups is 2. The van der Waals surface area contributed by atoms with Gasteiger partial charge in [0.05, 0.1) is 21.7 Å². The molecule has 0 heterocycles. The quantitative estimate of drug-likeness (QED) is 0.437. The molecule has 1 aliphatic rings. The highest BCUT2D eigenvalue weighted by Crippen LogP contribution is 2.44. The molecule has 0 bridgehead atoms. The molecule has 0 spiro atoms. The van der Waals surface area contributed by atoms with Crippen LogP contribution in [0.4, 0.5) is 0 Å². The lowest BCUT2D eigenvalue weighted by atomic mass is 9.76. The predicted octanol–water partition coefficient (Wildman–Crippen LogP) is 6.66. The fourth-order valence-corrected chi connectivity index (χ4v) is 4.35. The Hall–Kier alpha value is -2.33. The molecule has 3 nitrogen and oxygen atoms in total. The summed E-state index contributed by atoms with van der Waals surface area (Å²) >= 11 is 12.4. The Morgan fingerprint density at radius 1 is 0.897 bits per heavy atom. The molecule has 0 N–H and O–H groups in total. The first-order chi connectivity index (χ1) is 14.0. The number of fused-ring (bicyclic) bond motifs is 1. The maximum atomic E-state index is 12.5. The minimum atomic E-state index is -0.350. The molecule has 148 valence electrons. The Labute approximate surface area is 180 Å². The summed E-state index contributed by atoms with van der Waals surface area (Å²) < 4.78 is 0. The van der Waals surface area contributed by atoms with Gasteiger partial charge in [0.2, 0.25) is 0 Å². The predicted molar refractivity (Wildman–Crippen MR) is 116 cm³/mol. The van der Waals surface area contributed by atoms with Crippen LogP contribution in [-0.4, -0.2) is 18.1 Å². The zero-order chi connectivity index (χ0) is 20.4. The van der Waals surface area contributed by atoms with Gasteiger partial charge >= 0.3 is 5.97 Å². The summed E-state index contributed by atoms with van der Waals surface area (Å²) in [5.41, 5.74) is 4.08. The molecule has 0 saturated heterocycles. The van der Waals surface area contributed by atoms with Crippen LogP contribution in [0.3, 0.4) is 0 Å². The molecule has 0 aromatic heterocycles. The van der Waals surface area contributed by atoms with Gasteiger partial charge in [0, 0.05) is 13.0 Å². The van der Waals surface area contributed by atoms with Gasteiger partial charge in [-0.15, -0.1) is 5.06 Å². The SMILES string of the molecule is CN(OC(=O)c1ccccc1)[C@H]1CC[C@@H](c2ccc(Cl)c(Cl)c2)c2ccccc21. The fourth-order valence-electron chi connectivity index (χ4n) is 4.04. The Bertz CT molecular complexity index is 1020. The van der Waals surface area contributed by atoms with Crippen molar-refractivity contribution in [1.29, 1.82) is 0 Å². The van der Waals surface area contributed by atoms with Gasteiger partial charge in [0.25, 0.3) is 0 Å². The van der Waals surface area contributed by atoms with E-state index in [2.05, 4.69) is 12.1 Å². The Balaban J connectivity index is 1.59. The maximum absolute atomic E-state index is 12.5. The van der Waals surface area contributed by atoms with Crippen molar-refractivity contribution in [1.82, 2.24) is 5.06 Å². The first-order valence-corrected chi connectivity index (χ1v) is 10.3. The van der Waals surface area contributed by atoms with Crippen LogP contribution in [0.25, 0.3) is 0 Å². The second-order valence-corrected chi connectivity index (χ2v) is 8.05. The number of rotatable bonds is 4. The number of nitrogens with zero attached hydrogens (tertiary/aromatic N) is 1. The van der Waals surface area contributed by atoms with Crippen molar-refractivity contribution >= 4 is 29.2 Å². The van der Waals surface area contributed by atoms with Crippen molar-refractivity contribution in [3.63, 3.8) is 0 Å². The molecule has 2 atom stereocenters. The average molecular weight is 426 g/mol. The third kappa shape index (κ3) is 4.18. The van der Waals surface area contributed by atoms with Crippen LogP contribution in [0.2, 0.25) is 10.0 Å². The lowest BCUT2D eigenvalue weighted by Crippen LogP contribution is -2.31. The normalized spacial score (nSPS) is 18.3. The van der Waals surface area contributed by atoms with Crippen molar-refractivity contribution in [3.05, 3.63) is 105 Å². The standard InChI is InChI=1S/C24H21Cl2NO2/c1-27(29-24(28)16-7-3-2-4-8-16)23-14-12-18(19-9-5-6-10-20(19)23)17-11-13-21(25)22(26)15-17/h2-11,13,15,18,23H,12,14H2,1H3/t18-,23-/m0/s1. The van der Waals surface area contributed by atoms with E-state index in [1.807, 2.05) is 55.6 Å². The highest BCUT2D eigenvalue weighted by atomic mass is 35.5. The van der Waals surface area contributed by atoms with E-state index in [4.69, 9.17) is 28.0 Å². The van der Waals surface area contributed by atoms with Gasteiger partial charge in [-0.25, -0.2) is 4.79 Å². The Morgan fingerprint density at radius 2 is 1.59 bits per heavy atom. The van der Waals surface area contributed by atoms with Gasteiger partial charge in [0.1, 0.15) is 0 Å². The van der Waals surface area contributed by atoms with Crippen LogP contribution in [0.5, 0.6) is 0 Å². The summed E-state index contributed by atoms with van der Waals surface area (Å²) in [7, 11) is 1.82. The molecule has 1 aliphatic carbocycles. The molecule has 0 aliphatic heterocycles. The second kappa shape index (κ2) is 8.58. The van der Waals surface area contributed by atoms with E-state index in [9.17, 15) is 4.79 Å². The highest BCUT2D eigenvalue weighted by molar-refractivity contribution is 6.42. The van der Waals surface area contributed by atoms with E-state index in [-0.39, 0.29) is 17.9 Å². The summed E-state index contributed by atoms with van der Waals surface area (Å²) in [6, 6.07) is 23.2. The second-order valence-electron chi connectivity index (χ2n) is 7.24. The molecule has 5 heteroatoms. The first-order valence-electron chi connectivity index (χ1n) is 9.58. The van der Waals surface area contributed by atoms with Crippen molar-refractivity contribution in [2.75, 3.05) is 7.05 Å². The molecule has 0 unspecified atom stereocenters. The summed E-state index contributed by atoms with van der Waals surface area (Å²) in [4.78, 5) is 18.1. The monoisotopic (exact) mass is 425 g/mol. The summed E-state index contributed by atoms with van der Waals surface area (Å²) in [6.45, 7) is 0. The summed E-state index contributed by atoms with van der Waals surface area (Å²) in [5.74, 6) is -0.118. The Morgan fingerprint density at radius 3 is 2.31 bits per heavy atom. The van der Waals surface area contributed by atoms with Crippen LogP contribution < -0.4 is 0 Å². The van der Waals surface area contributed by atoms with E-state index in [1.165, 1.54) is 5.56 Å². The molecule has 0 saturated carbocycles. The number of carbonyl (C=O) groups excluding carboxylic acids is 1. The van der Waals surface area contributed by atoms with Crippen LogP contribution in [-0.2, 0) is 4.84 Å². The average Bonchev–Trinajstić information content (AvgIpc) is 2.75. The molecule has 0 fully saturated rings. The van der Waals surface area contributed by atoms with E-state index in [1.54, 1.807) is 17.2 Å². The zero-order valence-corrected chi connectivity index (χ0v) is 17.5. The molecule has 3 aromatic carbocycles. The lowest BCUT2D eigenvalue weighted by Gasteiger charge is -2.36. The summed E-state index contributed by atoms with van der Waals surface area (Å²) in [5, 5.41) is 2.81.